The SMILES string of the molecule is CCOc1ccc(OC2CC(COc3cccc([C@H](C4CC4)[C@H](C)C(=O)O)c3)C2)cc1. The number of aliphatic carboxylic acids is 1. The van der Waals surface area contributed by atoms with Crippen LogP contribution in [0.15, 0.2) is 48.5 Å². The van der Waals surface area contributed by atoms with E-state index in [0.29, 0.717) is 25.0 Å². The summed E-state index contributed by atoms with van der Waals surface area (Å²) in [6.45, 7) is 5.11. The van der Waals surface area contributed by atoms with Crippen molar-refractivity contribution in [2.24, 2.45) is 17.8 Å². The van der Waals surface area contributed by atoms with Crippen molar-refractivity contribution in [3.05, 3.63) is 54.1 Å². The molecule has 0 unspecified atom stereocenters. The van der Waals surface area contributed by atoms with Gasteiger partial charge in [0, 0.05) is 0 Å². The lowest BCUT2D eigenvalue weighted by molar-refractivity contribution is -0.142. The van der Waals surface area contributed by atoms with Crippen molar-refractivity contribution in [3.63, 3.8) is 0 Å². The third kappa shape index (κ3) is 5.52. The van der Waals surface area contributed by atoms with Crippen LogP contribution in [0, 0.1) is 17.8 Å². The summed E-state index contributed by atoms with van der Waals surface area (Å²) >= 11 is 0. The Bertz CT molecular complexity index is 868. The number of carboxylic acids is 1. The van der Waals surface area contributed by atoms with Crippen LogP contribution in [-0.4, -0.2) is 30.4 Å². The fourth-order valence-corrected chi connectivity index (χ4v) is 4.48. The predicted octanol–water partition coefficient (Wildman–Crippen LogP) is 5.54. The van der Waals surface area contributed by atoms with Crippen LogP contribution in [0.25, 0.3) is 0 Å². The van der Waals surface area contributed by atoms with E-state index >= 15 is 0 Å². The summed E-state index contributed by atoms with van der Waals surface area (Å²) in [5, 5.41) is 9.49. The molecule has 0 spiro atoms. The van der Waals surface area contributed by atoms with Crippen LogP contribution in [0.2, 0.25) is 0 Å². The number of ether oxygens (including phenoxy) is 3. The van der Waals surface area contributed by atoms with E-state index in [1.165, 1.54) is 0 Å². The van der Waals surface area contributed by atoms with Crippen molar-refractivity contribution < 1.29 is 24.1 Å². The van der Waals surface area contributed by atoms with Crippen LogP contribution in [0.5, 0.6) is 17.2 Å². The highest BCUT2D eigenvalue weighted by atomic mass is 16.5. The quantitative estimate of drug-likeness (QED) is 0.513. The van der Waals surface area contributed by atoms with Crippen molar-refractivity contribution in [2.75, 3.05) is 13.2 Å². The van der Waals surface area contributed by atoms with Gasteiger partial charge in [0.25, 0.3) is 0 Å². The lowest BCUT2D eigenvalue weighted by Gasteiger charge is -2.35. The zero-order valence-electron chi connectivity index (χ0n) is 18.3. The highest BCUT2D eigenvalue weighted by Gasteiger charge is 2.38. The molecule has 31 heavy (non-hydrogen) atoms. The first-order valence-electron chi connectivity index (χ1n) is 11.4. The van der Waals surface area contributed by atoms with E-state index in [0.717, 1.165) is 48.5 Å². The maximum Gasteiger partial charge on any atom is 0.306 e. The molecule has 2 fully saturated rings. The standard InChI is InChI=1S/C26H32O5/c1-3-29-21-9-11-22(12-10-21)31-24-13-18(14-24)16-30-23-6-4-5-20(15-23)25(19-7-8-19)17(2)26(27)28/h4-6,9-12,15,17-19,24-25H,3,7-8,13-14,16H2,1-2H3,(H,27,28)/t17-,18?,24?,25-/m0/s1. The van der Waals surface area contributed by atoms with Crippen molar-refractivity contribution in [1.82, 2.24) is 0 Å². The van der Waals surface area contributed by atoms with Gasteiger partial charge in [-0.1, -0.05) is 19.1 Å². The molecule has 5 heteroatoms. The lowest BCUT2D eigenvalue weighted by Crippen LogP contribution is -2.37. The average Bonchev–Trinajstić information content (AvgIpc) is 3.56. The van der Waals surface area contributed by atoms with E-state index in [-0.39, 0.29) is 17.9 Å². The van der Waals surface area contributed by atoms with Crippen LogP contribution >= 0.6 is 0 Å². The van der Waals surface area contributed by atoms with E-state index in [4.69, 9.17) is 14.2 Å². The van der Waals surface area contributed by atoms with Crippen LogP contribution in [0.4, 0.5) is 0 Å². The minimum Gasteiger partial charge on any atom is -0.494 e. The van der Waals surface area contributed by atoms with Gasteiger partial charge in [-0.15, -0.1) is 0 Å². The molecule has 4 rings (SSSR count). The molecule has 0 saturated heterocycles. The Kier molecular flexibility index (Phi) is 6.69. The summed E-state index contributed by atoms with van der Waals surface area (Å²) in [7, 11) is 0. The van der Waals surface area contributed by atoms with E-state index in [2.05, 4.69) is 0 Å². The summed E-state index contributed by atoms with van der Waals surface area (Å²) in [6, 6.07) is 15.8. The molecule has 5 nitrogen and oxygen atoms in total. The number of hydrogen-bond donors (Lipinski definition) is 1. The summed E-state index contributed by atoms with van der Waals surface area (Å²) in [6.07, 6.45) is 4.42. The van der Waals surface area contributed by atoms with Crippen LogP contribution in [0.1, 0.15) is 51.0 Å². The molecule has 166 valence electrons. The Labute approximate surface area is 184 Å². The van der Waals surface area contributed by atoms with Gasteiger partial charge in [-0.2, -0.15) is 0 Å². The van der Waals surface area contributed by atoms with Gasteiger partial charge in [0.05, 0.1) is 25.2 Å². The molecule has 2 aliphatic rings. The van der Waals surface area contributed by atoms with E-state index in [1.807, 2.05) is 62.4 Å². The van der Waals surface area contributed by atoms with Crippen molar-refractivity contribution in [1.29, 1.82) is 0 Å². The zero-order valence-corrected chi connectivity index (χ0v) is 18.3. The Balaban J connectivity index is 1.25. The Morgan fingerprint density at radius 1 is 1.03 bits per heavy atom. The summed E-state index contributed by atoms with van der Waals surface area (Å²) < 4.78 is 17.6. The largest absolute Gasteiger partial charge is 0.494 e. The zero-order chi connectivity index (χ0) is 21.8. The van der Waals surface area contributed by atoms with Gasteiger partial charge >= 0.3 is 5.97 Å². The number of carbonyl (C=O) groups is 1. The molecule has 0 aliphatic heterocycles. The van der Waals surface area contributed by atoms with Gasteiger partial charge < -0.3 is 19.3 Å². The molecule has 2 saturated carbocycles. The Hall–Kier alpha value is -2.69. The first-order chi connectivity index (χ1) is 15.0. The Morgan fingerprint density at radius 3 is 2.39 bits per heavy atom. The predicted molar refractivity (Wildman–Crippen MR) is 119 cm³/mol. The normalized spacial score (nSPS) is 22.1. The second kappa shape index (κ2) is 9.63. The number of hydrogen-bond acceptors (Lipinski definition) is 4. The monoisotopic (exact) mass is 424 g/mol. The maximum atomic E-state index is 11.6. The molecule has 2 aromatic rings. The van der Waals surface area contributed by atoms with Crippen LogP contribution < -0.4 is 14.2 Å². The smallest absolute Gasteiger partial charge is 0.306 e. The second-order valence-corrected chi connectivity index (χ2v) is 8.86. The molecular formula is C26H32O5. The lowest BCUT2D eigenvalue weighted by atomic mass is 9.82. The molecule has 2 atom stereocenters. The third-order valence-corrected chi connectivity index (χ3v) is 6.42. The second-order valence-electron chi connectivity index (χ2n) is 8.86. The molecule has 2 aromatic carbocycles. The Morgan fingerprint density at radius 2 is 1.74 bits per heavy atom. The van der Waals surface area contributed by atoms with E-state index in [9.17, 15) is 9.90 Å². The molecule has 0 amide bonds. The highest BCUT2D eigenvalue weighted by Crippen LogP contribution is 2.47. The maximum absolute atomic E-state index is 11.6. The molecule has 0 aromatic heterocycles. The molecule has 0 heterocycles. The highest BCUT2D eigenvalue weighted by molar-refractivity contribution is 5.71. The topological polar surface area (TPSA) is 65.0 Å². The van der Waals surface area contributed by atoms with Crippen molar-refractivity contribution >= 4 is 5.97 Å². The van der Waals surface area contributed by atoms with Gasteiger partial charge in [0.1, 0.15) is 17.2 Å². The van der Waals surface area contributed by atoms with E-state index < -0.39 is 5.97 Å². The third-order valence-electron chi connectivity index (χ3n) is 6.42. The molecule has 1 N–H and O–H groups in total. The molecule has 0 bridgehead atoms. The van der Waals surface area contributed by atoms with Gasteiger partial charge in [-0.25, -0.2) is 0 Å². The first-order valence-corrected chi connectivity index (χ1v) is 11.4. The minimum atomic E-state index is -0.726. The van der Waals surface area contributed by atoms with Crippen LogP contribution in [-0.2, 0) is 4.79 Å². The molecular weight excluding hydrogens is 392 g/mol. The fourth-order valence-electron chi connectivity index (χ4n) is 4.48. The minimum absolute atomic E-state index is 0.0663. The van der Waals surface area contributed by atoms with Gasteiger partial charge in [-0.05, 0) is 92.3 Å². The van der Waals surface area contributed by atoms with Gasteiger partial charge in [0.15, 0.2) is 0 Å². The van der Waals surface area contributed by atoms with Crippen molar-refractivity contribution in [2.45, 2.75) is 51.6 Å². The van der Waals surface area contributed by atoms with Crippen LogP contribution in [0.3, 0.4) is 0 Å². The molecule has 0 radical (unpaired) electrons. The summed E-state index contributed by atoms with van der Waals surface area (Å²) in [5.74, 6) is 2.49. The van der Waals surface area contributed by atoms with Gasteiger partial charge in [-0.3, -0.25) is 4.79 Å². The average molecular weight is 425 g/mol. The van der Waals surface area contributed by atoms with E-state index in [1.54, 1.807) is 0 Å². The number of carboxylic acid groups (broad SMARTS) is 1. The summed E-state index contributed by atoms with van der Waals surface area (Å²) in [4.78, 5) is 11.6. The van der Waals surface area contributed by atoms with Crippen molar-refractivity contribution in [3.8, 4) is 17.2 Å². The first kappa shape index (κ1) is 21.5. The molecule has 2 aliphatic carbocycles. The number of rotatable bonds is 11. The summed E-state index contributed by atoms with van der Waals surface area (Å²) in [5.41, 5.74) is 1.08. The fraction of sp³-hybridized carbons (Fsp3) is 0.500. The van der Waals surface area contributed by atoms with Gasteiger partial charge in [0.2, 0.25) is 0 Å². The number of benzene rings is 2.